The summed E-state index contributed by atoms with van der Waals surface area (Å²) in [7, 11) is 3.68. The number of nitrogens with one attached hydrogen (secondary N) is 1. The van der Waals surface area contributed by atoms with Crippen LogP contribution in [0.4, 0.5) is 0 Å². The molecule has 0 unspecified atom stereocenters. The number of rotatable bonds is 6. The summed E-state index contributed by atoms with van der Waals surface area (Å²) in [6.45, 7) is 6.18. The molecule has 1 aromatic carbocycles. The van der Waals surface area contributed by atoms with E-state index in [0.717, 1.165) is 60.3 Å². The van der Waals surface area contributed by atoms with Crippen molar-refractivity contribution in [2.45, 2.75) is 6.54 Å². The fraction of sp³-hybridized carbons (Fsp3) is 0.562. The first-order valence-electron chi connectivity index (χ1n) is 7.71. The monoisotopic (exact) mass is 401 g/mol. The van der Waals surface area contributed by atoms with Gasteiger partial charge in [0.15, 0.2) is 5.11 Å². The average Bonchev–Trinajstić information content (AvgIpc) is 2.56. The number of hydrogen-bond donors (Lipinski definition) is 1. The molecule has 0 spiro atoms. The minimum absolute atomic E-state index is 0.700. The van der Waals surface area contributed by atoms with Crippen molar-refractivity contribution < 1.29 is 9.47 Å². The zero-order chi connectivity index (χ0) is 16.7. The van der Waals surface area contributed by atoms with Crippen LogP contribution in [-0.4, -0.2) is 68.5 Å². The number of thiocarbonyl (C=S) groups is 1. The molecule has 23 heavy (non-hydrogen) atoms. The summed E-state index contributed by atoms with van der Waals surface area (Å²) >= 11 is 8.97. The second kappa shape index (κ2) is 9.42. The molecule has 1 heterocycles. The molecule has 1 aromatic rings. The number of morpholine rings is 1. The van der Waals surface area contributed by atoms with E-state index in [4.69, 9.17) is 21.7 Å². The second-order valence-electron chi connectivity index (χ2n) is 5.50. The third-order valence-electron chi connectivity index (χ3n) is 3.80. The smallest absolute Gasteiger partial charge is 0.169 e. The van der Waals surface area contributed by atoms with Crippen molar-refractivity contribution >= 4 is 33.3 Å². The number of hydrogen-bond acceptors (Lipinski definition) is 4. The van der Waals surface area contributed by atoms with Gasteiger partial charge in [0.25, 0.3) is 0 Å². The number of ether oxygens (including phenoxy) is 2. The SMILES string of the molecule is COc1ccc(Br)cc1CN(C)C(=S)NCCN1CCOCC1. The van der Waals surface area contributed by atoms with Gasteiger partial charge in [-0.05, 0) is 30.4 Å². The normalized spacial score (nSPS) is 15.3. The van der Waals surface area contributed by atoms with Crippen LogP contribution >= 0.6 is 28.1 Å². The van der Waals surface area contributed by atoms with E-state index in [2.05, 4.69) is 32.2 Å². The summed E-state index contributed by atoms with van der Waals surface area (Å²) in [5.41, 5.74) is 1.10. The lowest BCUT2D eigenvalue weighted by molar-refractivity contribution is 0.0389. The largest absolute Gasteiger partial charge is 0.496 e. The number of halogens is 1. The van der Waals surface area contributed by atoms with Crippen molar-refractivity contribution in [1.82, 2.24) is 15.1 Å². The Labute approximate surface area is 152 Å². The Morgan fingerprint density at radius 2 is 2.17 bits per heavy atom. The van der Waals surface area contributed by atoms with Crippen LogP contribution in [0.15, 0.2) is 22.7 Å². The van der Waals surface area contributed by atoms with Crippen LogP contribution in [0.2, 0.25) is 0 Å². The van der Waals surface area contributed by atoms with Crippen LogP contribution in [0.1, 0.15) is 5.56 Å². The maximum Gasteiger partial charge on any atom is 0.169 e. The van der Waals surface area contributed by atoms with E-state index in [1.807, 2.05) is 24.1 Å². The van der Waals surface area contributed by atoms with Gasteiger partial charge in [0, 0.05) is 49.8 Å². The molecule has 1 saturated heterocycles. The molecule has 0 aromatic heterocycles. The third kappa shape index (κ3) is 5.91. The van der Waals surface area contributed by atoms with E-state index in [1.165, 1.54) is 0 Å². The molecule has 2 rings (SSSR count). The van der Waals surface area contributed by atoms with Gasteiger partial charge in [-0.25, -0.2) is 0 Å². The Morgan fingerprint density at radius 3 is 2.87 bits per heavy atom. The highest BCUT2D eigenvalue weighted by Gasteiger charge is 2.12. The van der Waals surface area contributed by atoms with Crippen LogP contribution in [0.3, 0.4) is 0 Å². The first-order valence-corrected chi connectivity index (χ1v) is 8.91. The molecule has 0 radical (unpaired) electrons. The van der Waals surface area contributed by atoms with Gasteiger partial charge >= 0.3 is 0 Å². The quantitative estimate of drug-likeness (QED) is 0.735. The topological polar surface area (TPSA) is 37.0 Å². The molecule has 1 N–H and O–H groups in total. The predicted octanol–water partition coefficient (Wildman–Crippen LogP) is 2.10. The average molecular weight is 402 g/mol. The lowest BCUT2D eigenvalue weighted by atomic mass is 10.2. The molecule has 1 fully saturated rings. The summed E-state index contributed by atoms with van der Waals surface area (Å²) in [5.74, 6) is 0.871. The van der Waals surface area contributed by atoms with E-state index >= 15 is 0 Å². The van der Waals surface area contributed by atoms with Crippen LogP contribution in [0, 0.1) is 0 Å². The van der Waals surface area contributed by atoms with Gasteiger partial charge < -0.3 is 19.7 Å². The first-order chi connectivity index (χ1) is 11.1. The summed E-state index contributed by atoms with van der Waals surface area (Å²) < 4.78 is 11.8. The molecule has 1 aliphatic heterocycles. The van der Waals surface area contributed by atoms with Gasteiger partial charge in [-0.15, -0.1) is 0 Å². The van der Waals surface area contributed by atoms with Crippen molar-refractivity contribution in [2.24, 2.45) is 0 Å². The number of methoxy groups -OCH3 is 1. The molecule has 128 valence electrons. The van der Waals surface area contributed by atoms with E-state index < -0.39 is 0 Å². The first kappa shape index (κ1) is 18.4. The van der Waals surface area contributed by atoms with Gasteiger partial charge in [0.05, 0.1) is 20.3 Å². The minimum Gasteiger partial charge on any atom is -0.496 e. The van der Waals surface area contributed by atoms with Crippen molar-refractivity contribution in [1.29, 1.82) is 0 Å². The summed E-state index contributed by atoms with van der Waals surface area (Å²) in [6, 6.07) is 6.00. The third-order valence-corrected chi connectivity index (χ3v) is 4.75. The van der Waals surface area contributed by atoms with Crippen LogP contribution in [-0.2, 0) is 11.3 Å². The van der Waals surface area contributed by atoms with Crippen molar-refractivity contribution in [3.63, 3.8) is 0 Å². The van der Waals surface area contributed by atoms with E-state index in [1.54, 1.807) is 7.11 Å². The van der Waals surface area contributed by atoms with Crippen molar-refractivity contribution in [2.75, 3.05) is 53.6 Å². The molecule has 0 amide bonds. The fourth-order valence-electron chi connectivity index (χ4n) is 2.48. The fourth-order valence-corrected chi connectivity index (χ4v) is 3.05. The molecule has 1 aliphatic rings. The van der Waals surface area contributed by atoms with Gasteiger partial charge in [0.2, 0.25) is 0 Å². The zero-order valence-corrected chi connectivity index (χ0v) is 16.1. The Morgan fingerprint density at radius 1 is 1.43 bits per heavy atom. The Balaban J connectivity index is 1.79. The maximum atomic E-state index is 5.47. The Kier molecular flexibility index (Phi) is 7.55. The summed E-state index contributed by atoms with van der Waals surface area (Å²) in [4.78, 5) is 4.41. The minimum atomic E-state index is 0.700. The predicted molar refractivity (Wildman–Crippen MR) is 100 cm³/mol. The molecule has 0 atom stereocenters. The van der Waals surface area contributed by atoms with E-state index in [0.29, 0.717) is 6.54 Å². The standard InChI is InChI=1S/C16H24BrN3O2S/c1-19(12-13-11-14(17)3-4-15(13)21-2)16(23)18-5-6-20-7-9-22-10-8-20/h3-4,11H,5-10,12H2,1-2H3,(H,18,23). The lowest BCUT2D eigenvalue weighted by Crippen LogP contribution is -2.43. The maximum absolute atomic E-state index is 5.47. The highest BCUT2D eigenvalue weighted by Crippen LogP contribution is 2.24. The Hall–Kier alpha value is -0.890. The second-order valence-corrected chi connectivity index (χ2v) is 6.80. The van der Waals surface area contributed by atoms with E-state index in [-0.39, 0.29) is 0 Å². The van der Waals surface area contributed by atoms with Crippen molar-refractivity contribution in [3.05, 3.63) is 28.2 Å². The van der Waals surface area contributed by atoms with Gasteiger partial charge in [0.1, 0.15) is 5.75 Å². The number of benzene rings is 1. The molecule has 7 heteroatoms. The zero-order valence-electron chi connectivity index (χ0n) is 13.7. The van der Waals surface area contributed by atoms with Gasteiger partial charge in [-0.3, -0.25) is 4.90 Å². The molecular weight excluding hydrogens is 378 g/mol. The number of nitrogens with zero attached hydrogens (tertiary/aromatic N) is 2. The molecule has 0 aliphatic carbocycles. The molecule has 0 saturated carbocycles. The van der Waals surface area contributed by atoms with Gasteiger partial charge in [-0.2, -0.15) is 0 Å². The lowest BCUT2D eigenvalue weighted by Gasteiger charge is -2.28. The highest BCUT2D eigenvalue weighted by atomic mass is 79.9. The summed E-state index contributed by atoms with van der Waals surface area (Å²) in [6.07, 6.45) is 0. The Bertz CT molecular complexity index is 524. The van der Waals surface area contributed by atoms with Crippen LogP contribution < -0.4 is 10.1 Å². The van der Waals surface area contributed by atoms with Crippen LogP contribution in [0.25, 0.3) is 0 Å². The highest BCUT2D eigenvalue weighted by molar-refractivity contribution is 9.10. The molecule has 0 bridgehead atoms. The van der Waals surface area contributed by atoms with E-state index in [9.17, 15) is 0 Å². The molecule has 5 nitrogen and oxygen atoms in total. The van der Waals surface area contributed by atoms with Crippen LogP contribution in [0.5, 0.6) is 5.75 Å². The van der Waals surface area contributed by atoms with Crippen molar-refractivity contribution in [3.8, 4) is 5.75 Å². The van der Waals surface area contributed by atoms with Gasteiger partial charge in [-0.1, -0.05) is 15.9 Å². The molecular formula is C16H24BrN3O2S. The summed E-state index contributed by atoms with van der Waals surface area (Å²) in [5, 5.41) is 4.07.